The zero-order valence-electron chi connectivity index (χ0n) is 6.26. The lowest BCUT2D eigenvalue weighted by molar-refractivity contribution is -0.132. The second kappa shape index (κ2) is 2.40. The van der Waals surface area contributed by atoms with Crippen molar-refractivity contribution >= 4 is 11.7 Å². The molecule has 3 nitrogen and oxygen atoms in total. The number of rotatable bonds is 1. The first-order valence-electron chi connectivity index (χ1n) is 3.39. The Kier molecular flexibility index (Phi) is 1.74. The second-order valence-electron chi connectivity index (χ2n) is 2.67. The Morgan fingerprint density at radius 2 is 2.30 bits per heavy atom. The van der Waals surface area contributed by atoms with E-state index in [2.05, 4.69) is 0 Å². The van der Waals surface area contributed by atoms with Crippen LogP contribution in [0.4, 0.5) is 0 Å². The lowest BCUT2D eigenvalue weighted by atomic mass is 10.1. The number of hydrogen-bond donors (Lipinski definition) is 0. The number of nitrogens with zero attached hydrogens (tertiary/aromatic N) is 1. The second-order valence-corrected chi connectivity index (χ2v) is 2.67. The molecule has 1 saturated heterocycles. The van der Waals surface area contributed by atoms with Crippen molar-refractivity contribution < 1.29 is 9.59 Å². The molecule has 0 aliphatic carbocycles. The normalized spacial score (nSPS) is 25.6. The van der Waals surface area contributed by atoms with Crippen LogP contribution in [0.2, 0.25) is 0 Å². The molecule has 0 saturated carbocycles. The largest absolute Gasteiger partial charge is 0.336 e. The molecule has 0 aromatic rings. The molecule has 0 radical (unpaired) electrons. The quantitative estimate of drug-likeness (QED) is 0.523. The van der Waals surface area contributed by atoms with E-state index in [-0.39, 0.29) is 17.7 Å². The number of carbonyl (C=O) groups is 2. The monoisotopic (exact) mass is 141 g/mol. The molecule has 0 spiro atoms. The number of amides is 1. The van der Waals surface area contributed by atoms with Gasteiger partial charge in [0.2, 0.25) is 5.91 Å². The van der Waals surface area contributed by atoms with Gasteiger partial charge in [0.05, 0.1) is 6.04 Å². The minimum Gasteiger partial charge on any atom is -0.336 e. The molecule has 56 valence electrons. The topological polar surface area (TPSA) is 37.4 Å². The van der Waals surface area contributed by atoms with Crippen molar-refractivity contribution in [2.75, 3.05) is 7.05 Å². The van der Waals surface area contributed by atoms with Crippen molar-refractivity contribution in [3.05, 3.63) is 0 Å². The molecule has 1 aliphatic rings. The lowest BCUT2D eigenvalue weighted by Crippen LogP contribution is -2.33. The molecule has 1 atom stereocenters. The third-order valence-corrected chi connectivity index (χ3v) is 1.96. The maximum Gasteiger partial charge on any atom is 0.223 e. The van der Waals surface area contributed by atoms with Crippen LogP contribution in [0.15, 0.2) is 0 Å². The summed E-state index contributed by atoms with van der Waals surface area (Å²) in [6, 6.07) is -0.146. The molecule has 0 unspecified atom stereocenters. The van der Waals surface area contributed by atoms with Crippen LogP contribution < -0.4 is 0 Å². The standard InChI is InChI=1S/C7H11NO2/c1-5(9)6-3-4-7(10)8(6)2/h6H,3-4H2,1-2H3/t6-/m1/s1. The highest BCUT2D eigenvalue weighted by Crippen LogP contribution is 2.16. The van der Waals surface area contributed by atoms with Gasteiger partial charge in [0, 0.05) is 13.5 Å². The summed E-state index contributed by atoms with van der Waals surface area (Å²) in [6.45, 7) is 1.53. The Balaban J connectivity index is 2.66. The number of likely N-dealkylation sites (N-methyl/N-ethyl adjacent to an activating group) is 1. The molecule has 10 heavy (non-hydrogen) atoms. The van der Waals surface area contributed by atoms with Crippen LogP contribution in [0.1, 0.15) is 19.8 Å². The number of hydrogen-bond acceptors (Lipinski definition) is 2. The summed E-state index contributed by atoms with van der Waals surface area (Å²) in [4.78, 5) is 23.2. The molecule has 1 rings (SSSR count). The van der Waals surface area contributed by atoms with Crippen molar-refractivity contribution in [2.24, 2.45) is 0 Å². The first-order valence-corrected chi connectivity index (χ1v) is 3.39. The molecular formula is C7H11NO2. The van der Waals surface area contributed by atoms with E-state index in [1.165, 1.54) is 11.8 Å². The Bertz CT molecular complexity index is 176. The van der Waals surface area contributed by atoms with Crippen LogP contribution in [0.5, 0.6) is 0 Å². The van der Waals surface area contributed by atoms with E-state index in [0.717, 1.165) is 0 Å². The lowest BCUT2D eigenvalue weighted by Gasteiger charge is -2.15. The first-order chi connectivity index (χ1) is 4.63. The predicted octanol–water partition coefficient (Wildman–Crippen LogP) is 0.196. The number of ketones is 1. The minimum atomic E-state index is -0.146. The van der Waals surface area contributed by atoms with E-state index in [4.69, 9.17) is 0 Å². The van der Waals surface area contributed by atoms with Crippen molar-refractivity contribution in [2.45, 2.75) is 25.8 Å². The van der Waals surface area contributed by atoms with Gasteiger partial charge in [-0.1, -0.05) is 0 Å². The van der Waals surface area contributed by atoms with Gasteiger partial charge in [-0.25, -0.2) is 0 Å². The smallest absolute Gasteiger partial charge is 0.223 e. The van der Waals surface area contributed by atoms with Crippen LogP contribution in [0.3, 0.4) is 0 Å². The molecule has 1 fully saturated rings. The summed E-state index contributed by atoms with van der Waals surface area (Å²) in [6.07, 6.45) is 1.23. The molecule has 3 heteroatoms. The number of likely N-dealkylation sites (tertiary alicyclic amines) is 1. The third kappa shape index (κ3) is 1.03. The van der Waals surface area contributed by atoms with Crippen LogP contribution in [-0.4, -0.2) is 29.7 Å². The Morgan fingerprint density at radius 1 is 1.70 bits per heavy atom. The maximum absolute atomic E-state index is 10.9. The fourth-order valence-electron chi connectivity index (χ4n) is 1.28. The molecular weight excluding hydrogens is 130 g/mol. The van der Waals surface area contributed by atoms with E-state index in [1.54, 1.807) is 7.05 Å². The van der Waals surface area contributed by atoms with E-state index in [9.17, 15) is 9.59 Å². The molecule has 0 N–H and O–H groups in total. The Labute approximate surface area is 60.0 Å². The van der Waals surface area contributed by atoms with E-state index in [0.29, 0.717) is 12.8 Å². The molecule has 0 bridgehead atoms. The summed E-state index contributed by atoms with van der Waals surface area (Å²) in [5.41, 5.74) is 0. The summed E-state index contributed by atoms with van der Waals surface area (Å²) in [5.74, 6) is 0.175. The van der Waals surface area contributed by atoms with Gasteiger partial charge in [0.25, 0.3) is 0 Å². The Morgan fingerprint density at radius 3 is 2.50 bits per heavy atom. The van der Waals surface area contributed by atoms with Gasteiger partial charge < -0.3 is 4.90 Å². The molecule has 0 aromatic carbocycles. The van der Waals surface area contributed by atoms with Gasteiger partial charge in [-0.2, -0.15) is 0 Å². The van der Waals surface area contributed by atoms with E-state index < -0.39 is 0 Å². The first kappa shape index (κ1) is 7.25. The van der Waals surface area contributed by atoms with Gasteiger partial charge >= 0.3 is 0 Å². The van der Waals surface area contributed by atoms with Crippen molar-refractivity contribution in [1.82, 2.24) is 4.90 Å². The summed E-state index contributed by atoms with van der Waals surface area (Å²) in [7, 11) is 1.68. The highest BCUT2D eigenvalue weighted by atomic mass is 16.2. The van der Waals surface area contributed by atoms with Crippen molar-refractivity contribution in [1.29, 1.82) is 0 Å². The summed E-state index contributed by atoms with van der Waals surface area (Å²) in [5, 5.41) is 0. The third-order valence-electron chi connectivity index (χ3n) is 1.96. The highest BCUT2D eigenvalue weighted by Gasteiger charge is 2.30. The summed E-state index contributed by atoms with van der Waals surface area (Å²) >= 11 is 0. The fraction of sp³-hybridized carbons (Fsp3) is 0.714. The SMILES string of the molecule is CC(=O)[C@H]1CCC(=O)N1C. The fourth-order valence-corrected chi connectivity index (χ4v) is 1.28. The highest BCUT2D eigenvalue weighted by molar-refractivity contribution is 5.90. The van der Waals surface area contributed by atoms with Crippen LogP contribution in [-0.2, 0) is 9.59 Å². The zero-order chi connectivity index (χ0) is 7.72. The molecule has 0 aromatic heterocycles. The average Bonchev–Trinajstić information content (AvgIpc) is 2.14. The van der Waals surface area contributed by atoms with Crippen molar-refractivity contribution in [3.8, 4) is 0 Å². The minimum absolute atomic E-state index is 0.0835. The van der Waals surface area contributed by atoms with Gasteiger partial charge in [-0.05, 0) is 13.3 Å². The van der Waals surface area contributed by atoms with Crippen molar-refractivity contribution in [3.63, 3.8) is 0 Å². The summed E-state index contributed by atoms with van der Waals surface area (Å²) < 4.78 is 0. The molecule has 1 aliphatic heterocycles. The average molecular weight is 141 g/mol. The van der Waals surface area contributed by atoms with Gasteiger partial charge in [-0.15, -0.1) is 0 Å². The van der Waals surface area contributed by atoms with Gasteiger partial charge in [0.1, 0.15) is 0 Å². The molecule has 1 heterocycles. The van der Waals surface area contributed by atoms with Gasteiger partial charge in [-0.3, -0.25) is 9.59 Å². The zero-order valence-corrected chi connectivity index (χ0v) is 6.26. The maximum atomic E-state index is 10.9. The number of carbonyl (C=O) groups excluding carboxylic acids is 2. The molecule has 1 amide bonds. The van der Waals surface area contributed by atoms with Crippen LogP contribution in [0.25, 0.3) is 0 Å². The predicted molar refractivity (Wildman–Crippen MR) is 36.5 cm³/mol. The van der Waals surface area contributed by atoms with Gasteiger partial charge in [0.15, 0.2) is 5.78 Å². The number of Topliss-reactive ketones (excluding diaryl/α,β-unsaturated/α-hetero) is 1. The Hall–Kier alpha value is -0.860. The van der Waals surface area contributed by atoms with E-state index >= 15 is 0 Å². The van der Waals surface area contributed by atoms with Crippen LogP contribution in [0, 0.1) is 0 Å². The van der Waals surface area contributed by atoms with E-state index in [1.807, 2.05) is 0 Å². The van der Waals surface area contributed by atoms with Crippen LogP contribution >= 0.6 is 0 Å².